The van der Waals surface area contributed by atoms with E-state index in [1.54, 1.807) is 6.92 Å². The van der Waals surface area contributed by atoms with Crippen LogP contribution in [0.5, 0.6) is 0 Å². The Bertz CT molecular complexity index is 1490. The third kappa shape index (κ3) is 6.27. The Morgan fingerprint density at radius 2 is 1.50 bits per heavy atom. The number of hydrogen-bond donors (Lipinski definition) is 2. The van der Waals surface area contributed by atoms with Crippen molar-refractivity contribution in [2.75, 3.05) is 5.32 Å². The molecule has 0 fully saturated rings. The normalized spacial score (nSPS) is 11.2. The van der Waals surface area contributed by atoms with Gasteiger partial charge in [-0.1, -0.05) is 78.9 Å². The van der Waals surface area contributed by atoms with Gasteiger partial charge in [-0.25, -0.2) is 9.97 Å². The summed E-state index contributed by atoms with van der Waals surface area (Å²) in [6, 6.07) is 25.0. The summed E-state index contributed by atoms with van der Waals surface area (Å²) in [5.74, 6) is -0.486. The third-order valence-corrected chi connectivity index (χ3v) is 5.93. The fourth-order valence-electron chi connectivity index (χ4n) is 4.07. The van der Waals surface area contributed by atoms with Gasteiger partial charge in [0.2, 0.25) is 11.6 Å². The fraction of sp³-hybridized carbons (Fsp3) is 0.148. The molecule has 0 aliphatic heterocycles. The maximum absolute atomic E-state index is 13.4. The van der Waals surface area contributed by atoms with Crippen molar-refractivity contribution >= 4 is 35.4 Å². The maximum Gasteiger partial charge on any atom is 0.451 e. The van der Waals surface area contributed by atoms with Crippen LogP contribution in [0.4, 0.5) is 19.0 Å². The SMILES string of the molecule is Cc1nc(C(F)(F)F)nc(NCc2ccc(-c3ccccc3-c3nn[nH]n3)cc2)c1Cc1ccccc1.[Na]. The number of aromatic amines is 1. The van der Waals surface area contributed by atoms with Crippen LogP contribution in [-0.2, 0) is 19.1 Å². The van der Waals surface area contributed by atoms with Crippen LogP contribution in [0.1, 0.15) is 28.2 Å². The third-order valence-electron chi connectivity index (χ3n) is 5.93. The second-order valence-electron chi connectivity index (χ2n) is 8.45. The van der Waals surface area contributed by atoms with Gasteiger partial charge < -0.3 is 5.32 Å². The molecule has 5 aromatic rings. The molecule has 11 heteroatoms. The minimum Gasteiger partial charge on any atom is -0.366 e. The molecule has 187 valence electrons. The summed E-state index contributed by atoms with van der Waals surface area (Å²) in [6.07, 6.45) is -4.22. The summed E-state index contributed by atoms with van der Waals surface area (Å²) in [5, 5.41) is 17.4. The van der Waals surface area contributed by atoms with Crippen LogP contribution >= 0.6 is 0 Å². The predicted octanol–water partition coefficient (Wildman–Crippen LogP) is 5.47. The predicted molar refractivity (Wildman–Crippen MR) is 139 cm³/mol. The van der Waals surface area contributed by atoms with Crippen molar-refractivity contribution in [1.82, 2.24) is 30.6 Å². The zero-order valence-electron chi connectivity index (χ0n) is 20.8. The van der Waals surface area contributed by atoms with E-state index in [0.29, 0.717) is 30.0 Å². The summed E-state index contributed by atoms with van der Waals surface area (Å²) in [4.78, 5) is 7.59. The number of tetrazole rings is 1. The Hall–Kier alpha value is -3.60. The largest absolute Gasteiger partial charge is 0.451 e. The molecule has 5 rings (SSSR count). The van der Waals surface area contributed by atoms with Gasteiger partial charge >= 0.3 is 6.18 Å². The summed E-state index contributed by atoms with van der Waals surface area (Å²) in [6.45, 7) is 1.87. The molecule has 0 amide bonds. The van der Waals surface area contributed by atoms with Crippen LogP contribution in [0, 0.1) is 6.92 Å². The molecule has 38 heavy (non-hydrogen) atoms. The Kier molecular flexibility index (Phi) is 8.55. The average Bonchev–Trinajstić information content (AvgIpc) is 3.44. The summed E-state index contributed by atoms with van der Waals surface area (Å²) >= 11 is 0. The van der Waals surface area contributed by atoms with Crippen molar-refractivity contribution in [3.63, 3.8) is 0 Å². The van der Waals surface area contributed by atoms with Crippen molar-refractivity contribution < 1.29 is 13.2 Å². The van der Waals surface area contributed by atoms with Gasteiger partial charge in [0.05, 0.1) is 0 Å². The number of benzene rings is 3. The van der Waals surface area contributed by atoms with Gasteiger partial charge in [-0.05, 0) is 34.4 Å². The maximum atomic E-state index is 13.4. The Morgan fingerprint density at radius 3 is 2.16 bits per heavy atom. The number of hydrogen-bond acceptors (Lipinski definition) is 6. The molecule has 1 radical (unpaired) electrons. The number of anilines is 1. The first-order valence-corrected chi connectivity index (χ1v) is 11.5. The summed E-state index contributed by atoms with van der Waals surface area (Å²) in [5.41, 5.74) is 5.50. The summed E-state index contributed by atoms with van der Waals surface area (Å²) < 4.78 is 40.3. The molecule has 7 nitrogen and oxygen atoms in total. The molecule has 0 unspecified atom stereocenters. The molecule has 0 atom stereocenters. The van der Waals surface area contributed by atoms with E-state index in [-0.39, 0.29) is 35.4 Å². The molecule has 3 aromatic carbocycles. The van der Waals surface area contributed by atoms with Crippen molar-refractivity contribution in [2.45, 2.75) is 26.1 Å². The van der Waals surface area contributed by atoms with Gasteiger partial charge in [0.1, 0.15) is 5.82 Å². The van der Waals surface area contributed by atoms with E-state index >= 15 is 0 Å². The van der Waals surface area contributed by atoms with Crippen molar-refractivity contribution in [1.29, 1.82) is 0 Å². The molecular formula is C27H22F3N7Na. The van der Waals surface area contributed by atoms with E-state index < -0.39 is 12.0 Å². The number of halogens is 3. The molecule has 2 N–H and O–H groups in total. The summed E-state index contributed by atoms with van der Waals surface area (Å²) in [7, 11) is 0. The average molecular weight is 525 g/mol. The monoisotopic (exact) mass is 524 g/mol. The van der Waals surface area contributed by atoms with Gasteiger partial charge in [-0.15, -0.1) is 10.2 Å². The van der Waals surface area contributed by atoms with Crippen LogP contribution in [-0.4, -0.2) is 60.1 Å². The van der Waals surface area contributed by atoms with E-state index in [1.807, 2.05) is 78.9 Å². The van der Waals surface area contributed by atoms with E-state index in [0.717, 1.165) is 27.8 Å². The zero-order chi connectivity index (χ0) is 25.8. The van der Waals surface area contributed by atoms with Gasteiger partial charge in [0, 0.05) is 59.3 Å². The van der Waals surface area contributed by atoms with Crippen molar-refractivity contribution in [2.24, 2.45) is 0 Å². The van der Waals surface area contributed by atoms with Gasteiger partial charge in [-0.3, -0.25) is 0 Å². The van der Waals surface area contributed by atoms with Gasteiger partial charge in [0.15, 0.2) is 0 Å². The number of nitrogens with one attached hydrogen (secondary N) is 2. The minimum absolute atomic E-state index is 0. The van der Waals surface area contributed by atoms with Crippen LogP contribution in [0.3, 0.4) is 0 Å². The minimum atomic E-state index is -4.64. The molecule has 0 aliphatic carbocycles. The Morgan fingerprint density at radius 1 is 0.816 bits per heavy atom. The molecule has 0 bridgehead atoms. The molecule has 0 saturated carbocycles. The molecule has 2 heterocycles. The van der Waals surface area contributed by atoms with Crippen LogP contribution in [0.2, 0.25) is 0 Å². The topological polar surface area (TPSA) is 92.3 Å². The number of nitrogens with zero attached hydrogens (tertiary/aromatic N) is 5. The first kappa shape index (κ1) is 27.4. The quantitative estimate of drug-likeness (QED) is 0.274. The number of aryl methyl sites for hydroxylation is 1. The van der Waals surface area contributed by atoms with E-state index in [9.17, 15) is 13.2 Å². The zero-order valence-corrected chi connectivity index (χ0v) is 22.8. The fourth-order valence-corrected chi connectivity index (χ4v) is 4.07. The standard InChI is InChI=1S/C27H22F3N7.Na/c1-17-23(15-18-7-3-2-4-8-18)24(33-26(32-17)27(28,29)30)31-16-19-11-13-20(14-12-19)21-9-5-6-10-22(21)25-34-36-37-35-25;/h2-14H,15-16H2,1H3,(H,31,32,33)(H,34,35,36,37);. The number of H-pyrrole nitrogens is 1. The Labute approximate surface area is 239 Å². The van der Waals surface area contributed by atoms with E-state index in [1.165, 1.54) is 0 Å². The number of alkyl halides is 3. The molecule has 0 saturated heterocycles. The van der Waals surface area contributed by atoms with Gasteiger partial charge in [-0.2, -0.15) is 18.4 Å². The van der Waals surface area contributed by atoms with Crippen LogP contribution < -0.4 is 5.32 Å². The second kappa shape index (κ2) is 11.8. The van der Waals surface area contributed by atoms with Crippen LogP contribution in [0.25, 0.3) is 22.5 Å². The Balaban J connectivity index is 0.00000336. The molecule has 0 spiro atoms. The first-order valence-electron chi connectivity index (χ1n) is 11.5. The van der Waals surface area contributed by atoms with Crippen molar-refractivity contribution in [3.8, 4) is 22.5 Å². The van der Waals surface area contributed by atoms with Crippen LogP contribution in [0.15, 0.2) is 78.9 Å². The van der Waals surface area contributed by atoms with E-state index in [4.69, 9.17) is 0 Å². The number of rotatable bonds is 7. The smallest absolute Gasteiger partial charge is 0.366 e. The number of aromatic nitrogens is 6. The second-order valence-corrected chi connectivity index (χ2v) is 8.45. The molecular weight excluding hydrogens is 502 g/mol. The van der Waals surface area contributed by atoms with Gasteiger partial charge in [0.25, 0.3) is 0 Å². The van der Waals surface area contributed by atoms with Crippen molar-refractivity contribution in [3.05, 3.63) is 107 Å². The molecule has 2 aromatic heterocycles. The first-order chi connectivity index (χ1) is 17.9. The van der Waals surface area contributed by atoms with E-state index in [2.05, 4.69) is 35.9 Å². The molecule has 0 aliphatic rings.